The summed E-state index contributed by atoms with van der Waals surface area (Å²) >= 11 is 9.52. The maximum absolute atomic E-state index is 13.4. The van der Waals surface area contributed by atoms with Gasteiger partial charge in [-0.25, -0.2) is 4.98 Å². The molecule has 0 bridgehead atoms. The SMILES string of the molecule is CCSc1ccc(C(=O)N(CCn2cccn2)c2nc3c(Cl)cccc3s2)cc1. The molecule has 2 aromatic carbocycles. The topological polar surface area (TPSA) is 51.0 Å². The number of rotatable bonds is 7. The molecule has 8 heteroatoms. The predicted molar refractivity (Wildman–Crippen MR) is 121 cm³/mol. The van der Waals surface area contributed by atoms with E-state index in [-0.39, 0.29) is 5.91 Å². The van der Waals surface area contributed by atoms with Gasteiger partial charge >= 0.3 is 0 Å². The molecule has 0 radical (unpaired) electrons. The number of nitrogens with zero attached hydrogens (tertiary/aromatic N) is 4. The van der Waals surface area contributed by atoms with Crippen LogP contribution >= 0.6 is 34.7 Å². The number of anilines is 1. The van der Waals surface area contributed by atoms with E-state index < -0.39 is 0 Å². The Bertz CT molecular complexity index is 1110. The number of halogens is 1. The minimum Gasteiger partial charge on any atom is -0.282 e. The molecular weight excluding hydrogens is 424 g/mol. The lowest BCUT2D eigenvalue weighted by Crippen LogP contribution is -2.34. The van der Waals surface area contributed by atoms with E-state index in [2.05, 4.69) is 17.0 Å². The molecule has 4 rings (SSSR count). The van der Waals surface area contributed by atoms with Crippen molar-refractivity contribution in [3.63, 3.8) is 0 Å². The summed E-state index contributed by atoms with van der Waals surface area (Å²) in [5, 5.41) is 5.47. The second-order valence-electron chi connectivity index (χ2n) is 6.27. The van der Waals surface area contributed by atoms with Crippen LogP contribution in [0.2, 0.25) is 5.02 Å². The molecular formula is C21H19ClN4OS2. The molecule has 2 aromatic heterocycles. The first kappa shape index (κ1) is 19.9. The lowest BCUT2D eigenvalue weighted by atomic mass is 10.2. The average Bonchev–Trinajstić information content (AvgIpc) is 3.39. The van der Waals surface area contributed by atoms with Crippen molar-refractivity contribution in [3.05, 3.63) is 71.5 Å². The first-order chi connectivity index (χ1) is 14.2. The molecule has 0 saturated heterocycles. The van der Waals surface area contributed by atoms with Gasteiger partial charge in [-0.15, -0.1) is 11.8 Å². The largest absolute Gasteiger partial charge is 0.282 e. The molecule has 0 N–H and O–H groups in total. The van der Waals surface area contributed by atoms with Gasteiger partial charge in [0.1, 0.15) is 5.52 Å². The summed E-state index contributed by atoms with van der Waals surface area (Å²) in [6, 6.07) is 15.3. The summed E-state index contributed by atoms with van der Waals surface area (Å²) in [5.41, 5.74) is 1.36. The van der Waals surface area contributed by atoms with Crippen molar-refractivity contribution in [2.75, 3.05) is 17.2 Å². The van der Waals surface area contributed by atoms with Gasteiger partial charge in [0, 0.05) is 29.4 Å². The summed E-state index contributed by atoms with van der Waals surface area (Å²) in [7, 11) is 0. The van der Waals surface area contributed by atoms with Crippen molar-refractivity contribution in [2.24, 2.45) is 0 Å². The van der Waals surface area contributed by atoms with Crippen LogP contribution in [-0.2, 0) is 6.54 Å². The minimum absolute atomic E-state index is 0.0830. The molecule has 0 aliphatic heterocycles. The van der Waals surface area contributed by atoms with Crippen LogP contribution in [0, 0.1) is 0 Å². The number of fused-ring (bicyclic) bond motifs is 1. The molecule has 5 nitrogen and oxygen atoms in total. The molecule has 2 heterocycles. The zero-order valence-corrected chi connectivity index (χ0v) is 18.2. The molecule has 0 unspecified atom stereocenters. The van der Waals surface area contributed by atoms with Crippen LogP contribution in [0.1, 0.15) is 17.3 Å². The first-order valence-corrected chi connectivity index (χ1v) is 11.4. The highest BCUT2D eigenvalue weighted by Gasteiger charge is 2.22. The molecule has 29 heavy (non-hydrogen) atoms. The van der Waals surface area contributed by atoms with Crippen LogP contribution in [0.4, 0.5) is 5.13 Å². The van der Waals surface area contributed by atoms with Crippen LogP contribution in [-0.4, -0.2) is 33.0 Å². The molecule has 0 aliphatic rings. The van der Waals surface area contributed by atoms with Crippen molar-refractivity contribution in [1.82, 2.24) is 14.8 Å². The van der Waals surface area contributed by atoms with E-state index >= 15 is 0 Å². The number of thioether (sulfide) groups is 1. The fourth-order valence-corrected chi connectivity index (χ4v) is 4.91. The Morgan fingerprint density at radius 2 is 2.03 bits per heavy atom. The van der Waals surface area contributed by atoms with E-state index in [1.807, 2.05) is 59.4 Å². The van der Waals surface area contributed by atoms with Crippen molar-refractivity contribution < 1.29 is 4.79 Å². The fraction of sp³-hybridized carbons (Fsp3) is 0.190. The van der Waals surface area contributed by atoms with Gasteiger partial charge in [-0.05, 0) is 48.2 Å². The summed E-state index contributed by atoms with van der Waals surface area (Å²) in [6.45, 7) is 3.15. The first-order valence-electron chi connectivity index (χ1n) is 9.23. The maximum atomic E-state index is 13.4. The fourth-order valence-electron chi connectivity index (χ4n) is 2.95. The third-order valence-electron chi connectivity index (χ3n) is 4.36. The summed E-state index contributed by atoms with van der Waals surface area (Å²) < 4.78 is 2.76. The van der Waals surface area contributed by atoms with Gasteiger partial charge in [-0.3, -0.25) is 14.4 Å². The number of benzene rings is 2. The van der Waals surface area contributed by atoms with Crippen LogP contribution in [0.5, 0.6) is 0 Å². The molecule has 0 fully saturated rings. The highest BCUT2D eigenvalue weighted by atomic mass is 35.5. The number of hydrogen-bond donors (Lipinski definition) is 0. The predicted octanol–water partition coefficient (Wildman–Crippen LogP) is 5.61. The lowest BCUT2D eigenvalue weighted by Gasteiger charge is -2.20. The van der Waals surface area contributed by atoms with Gasteiger partial charge < -0.3 is 0 Å². The Kier molecular flexibility index (Phi) is 6.18. The zero-order chi connectivity index (χ0) is 20.2. The molecule has 4 aromatic rings. The number of para-hydroxylation sites is 1. The van der Waals surface area contributed by atoms with E-state index in [9.17, 15) is 4.79 Å². The van der Waals surface area contributed by atoms with Gasteiger partial charge in [0.25, 0.3) is 5.91 Å². The molecule has 0 saturated carbocycles. The molecule has 0 aliphatic carbocycles. The highest BCUT2D eigenvalue weighted by Crippen LogP contribution is 2.33. The molecule has 148 valence electrons. The van der Waals surface area contributed by atoms with Gasteiger partial charge in [0.15, 0.2) is 5.13 Å². The van der Waals surface area contributed by atoms with Crippen molar-refractivity contribution >= 4 is 56.0 Å². The van der Waals surface area contributed by atoms with Crippen molar-refractivity contribution in [3.8, 4) is 0 Å². The average molecular weight is 443 g/mol. The van der Waals surface area contributed by atoms with Crippen LogP contribution < -0.4 is 4.90 Å². The third kappa shape index (κ3) is 4.47. The van der Waals surface area contributed by atoms with E-state index in [1.165, 1.54) is 11.3 Å². The monoisotopic (exact) mass is 442 g/mol. The van der Waals surface area contributed by atoms with Gasteiger partial charge in [-0.2, -0.15) is 5.10 Å². The minimum atomic E-state index is -0.0830. The summed E-state index contributed by atoms with van der Waals surface area (Å²) in [6.07, 6.45) is 3.61. The van der Waals surface area contributed by atoms with Gasteiger partial charge in [-0.1, -0.05) is 35.9 Å². The number of amides is 1. The number of aromatic nitrogens is 3. The smallest absolute Gasteiger partial charge is 0.260 e. The standard InChI is InChI=1S/C21H19ClN4OS2/c1-2-28-16-9-7-15(8-10-16)20(27)26(14-13-25-12-4-11-23-25)21-24-19-17(22)5-3-6-18(19)29-21/h3-12H,2,13-14H2,1H3. The van der Waals surface area contributed by atoms with Crippen LogP contribution in [0.3, 0.4) is 0 Å². The van der Waals surface area contributed by atoms with Crippen molar-refractivity contribution in [2.45, 2.75) is 18.4 Å². The number of carbonyl (C=O) groups is 1. The Morgan fingerprint density at radius 1 is 1.21 bits per heavy atom. The molecule has 0 spiro atoms. The zero-order valence-electron chi connectivity index (χ0n) is 15.8. The van der Waals surface area contributed by atoms with E-state index in [1.54, 1.807) is 22.9 Å². The summed E-state index contributed by atoms with van der Waals surface area (Å²) in [4.78, 5) is 20.9. The lowest BCUT2D eigenvalue weighted by molar-refractivity contribution is 0.0985. The quantitative estimate of drug-likeness (QED) is 0.349. The summed E-state index contributed by atoms with van der Waals surface area (Å²) in [5.74, 6) is 0.913. The Morgan fingerprint density at radius 3 is 2.72 bits per heavy atom. The Balaban J connectivity index is 1.66. The second-order valence-corrected chi connectivity index (χ2v) is 9.02. The number of carbonyl (C=O) groups excluding carboxylic acids is 1. The molecule has 0 atom stereocenters. The highest BCUT2D eigenvalue weighted by molar-refractivity contribution is 7.99. The Labute approximate surface area is 182 Å². The van der Waals surface area contributed by atoms with E-state index in [4.69, 9.17) is 11.6 Å². The number of thiazole rings is 1. The van der Waals surface area contributed by atoms with Crippen molar-refractivity contribution in [1.29, 1.82) is 0 Å². The van der Waals surface area contributed by atoms with Gasteiger partial charge in [0.05, 0.1) is 16.3 Å². The van der Waals surface area contributed by atoms with Gasteiger partial charge in [0.2, 0.25) is 0 Å². The second kappa shape index (κ2) is 8.98. The van der Waals surface area contributed by atoms with E-state index in [0.717, 1.165) is 20.9 Å². The third-order valence-corrected chi connectivity index (χ3v) is 6.60. The van der Waals surface area contributed by atoms with Crippen LogP contribution in [0.15, 0.2) is 65.8 Å². The van der Waals surface area contributed by atoms with Crippen LogP contribution in [0.25, 0.3) is 10.2 Å². The Hall–Kier alpha value is -2.35. The molecule has 1 amide bonds. The maximum Gasteiger partial charge on any atom is 0.260 e. The van der Waals surface area contributed by atoms with E-state index in [0.29, 0.717) is 28.8 Å². The number of hydrogen-bond acceptors (Lipinski definition) is 5. The normalized spacial score (nSPS) is 11.1.